The molecule has 1 aliphatic heterocycles. The van der Waals surface area contributed by atoms with Gasteiger partial charge < -0.3 is 24.1 Å². The third-order valence-corrected chi connectivity index (χ3v) is 6.79. The second kappa shape index (κ2) is 10.2. The van der Waals surface area contributed by atoms with Gasteiger partial charge in [0, 0.05) is 43.0 Å². The second-order valence-electron chi connectivity index (χ2n) is 10.8. The van der Waals surface area contributed by atoms with E-state index in [-0.39, 0.29) is 17.7 Å². The van der Waals surface area contributed by atoms with Crippen LogP contribution in [-0.2, 0) is 4.74 Å². The van der Waals surface area contributed by atoms with E-state index in [0.717, 1.165) is 23.8 Å². The summed E-state index contributed by atoms with van der Waals surface area (Å²) < 4.78 is 27.0. The Morgan fingerprint density at radius 1 is 1.08 bits per heavy atom. The van der Waals surface area contributed by atoms with Crippen molar-refractivity contribution >= 4 is 34.2 Å². The fraction of sp³-hybridized carbons (Fsp3) is 0.379. The van der Waals surface area contributed by atoms with Crippen molar-refractivity contribution < 1.29 is 23.5 Å². The lowest BCUT2D eigenvalue weighted by Crippen LogP contribution is -2.41. The Bertz CT molecular complexity index is 1570. The maximum Gasteiger partial charge on any atom is 0.410 e. The summed E-state index contributed by atoms with van der Waals surface area (Å²) in [5, 5.41) is 3.64. The summed E-state index contributed by atoms with van der Waals surface area (Å²) in [5.74, 6) is -0.379. The lowest BCUT2D eigenvalue weighted by Gasteiger charge is -2.34. The summed E-state index contributed by atoms with van der Waals surface area (Å²) in [7, 11) is 1.52. The highest BCUT2D eigenvalue weighted by Crippen LogP contribution is 2.35. The molecule has 1 saturated heterocycles. The van der Waals surface area contributed by atoms with E-state index in [4.69, 9.17) is 9.47 Å². The lowest BCUT2D eigenvalue weighted by molar-refractivity contribution is 0.0205. The molecule has 39 heavy (non-hydrogen) atoms. The SMILES string of the molecule is COc1ccc2c(C3CCN(C(=O)OC(C)(C)C)CC3)ccc(C(=O)Nc3cc(F)c4nc(C)cn4c3)c2n1. The molecule has 1 fully saturated rings. The molecule has 1 aliphatic rings. The molecule has 0 spiro atoms. The number of rotatable bonds is 4. The summed E-state index contributed by atoms with van der Waals surface area (Å²) in [6, 6.07) is 8.63. The van der Waals surface area contributed by atoms with Crippen LogP contribution in [0.3, 0.4) is 0 Å². The van der Waals surface area contributed by atoms with Crippen molar-refractivity contribution in [1.29, 1.82) is 0 Å². The number of ether oxygens (including phenoxy) is 2. The number of anilines is 1. The van der Waals surface area contributed by atoms with E-state index in [1.54, 1.807) is 40.8 Å². The van der Waals surface area contributed by atoms with Gasteiger partial charge in [-0.2, -0.15) is 0 Å². The Labute approximate surface area is 225 Å². The fourth-order valence-corrected chi connectivity index (χ4v) is 5.02. The molecule has 10 heteroatoms. The van der Waals surface area contributed by atoms with Crippen LogP contribution in [0.15, 0.2) is 42.7 Å². The summed E-state index contributed by atoms with van der Waals surface area (Å²) in [6.45, 7) is 8.50. The Morgan fingerprint density at radius 3 is 2.51 bits per heavy atom. The number of aryl methyl sites for hydroxylation is 1. The summed E-state index contributed by atoms with van der Waals surface area (Å²) in [5.41, 5.74) is 2.54. The van der Waals surface area contributed by atoms with Crippen molar-refractivity contribution in [3.05, 3.63) is 65.4 Å². The topological polar surface area (TPSA) is 98.1 Å². The maximum atomic E-state index is 14.6. The normalized spacial score (nSPS) is 14.6. The third-order valence-electron chi connectivity index (χ3n) is 6.79. The van der Waals surface area contributed by atoms with E-state index >= 15 is 0 Å². The van der Waals surface area contributed by atoms with Crippen molar-refractivity contribution in [2.24, 2.45) is 0 Å². The quantitative estimate of drug-likeness (QED) is 0.361. The van der Waals surface area contributed by atoms with E-state index in [1.807, 2.05) is 32.9 Å². The van der Waals surface area contributed by atoms with E-state index in [1.165, 1.54) is 13.2 Å². The predicted molar refractivity (Wildman–Crippen MR) is 146 cm³/mol. The average molecular weight is 534 g/mol. The van der Waals surface area contributed by atoms with E-state index in [2.05, 4.69) is 15.3 Å². The number of amides is 2. The number of piperidine rings is 1. The number of fused-ring (bicyclic) bond motifs is 2. The first-order chi connectivity index (χ1) is 18.5. The number of benzene rings is 1. The Balaban J connectivity index is 1.42. The van der Waals surface area contributed by atoms with Crippen LogP contribution in [0.4, 0.5) is 14.9 Å². The van der Waals surface area contributed by atoms with Crippen LogP contribution in [0.25, 0.3) is 16.6 Å². The first kappa shape index (κ1) is 26.4. The first-order valence-corrected chi connectivity index (χ1v) is 12.9. The van der Waals surface area contributed by atoms with Gasteiger partial charge in [0.2, 0.25) is 5.88 Å². The number of hydrogen-bond donors (Lipinski definition) is 1. The number of carbonyl (C=O) groups excluding carboxylic acids is 2. The first-order valence-electron chi connectivity index (χ1n) is 12.9. The number of aromatic nitrogens is 3. The van der Waals surface area contributed by atoms with Gasteiger partial charge in [-0.15, -0.1) is 0 Å². The van der Waals surface area contributed by atoms with Crippen LogP contribution < -0.4 is 10.1 Å². The number of nitrogens with zero attached hydrogens (tertiary/aromatic N) is 4. The van der Waals surface area contributed by atoms with Crippen LogP contribution in [0.1, 0.15) is 61.1 Å². The van der Waals surface area contributed by atoms with E-state index in [0.29, 0.717) is 41.4 Å². The monoisotopic (exact) mass is 533 g/mol. The number of hydrogen-bond acceptors (Lipinski definition) is 6. The molecule has 0 bridgehead atoms. The van der Waals surface area contributed by atoms with E-state index < -0.39 is 17.3 Å². The molecule has 204 valence electrons. The zero-order valence-corrected chi connectivity index (χ0v) is 22.7. The molecule has 0 atom stereocenters. The number of nitrogens with one attached hydrogen (secondary N) is 1. The van der Waals surface area contributed by atoms with Gasteiger partial charge in [0.25, 0.3) is 5.91 Å². The van der Waals surface area contributed by atoms with Gasteiger partial charge in [0.05, 0.1) is 29.6 Å². The van der Waals surface area contributed by atoms with Crippen LogP contribution in [-0.4, -0.2) is 57.1 Å². The predicted octanol–water partition coefficient (Wildman–Crippen LogP) is 5.71. The summed E-state index contributed by atoms with van der Waals surface area (Å²) >= 11 is 0. The second-order valence-corrected chi connectivity index (χ2v) is 10.8. The minimum Gasteiger partial charge on any atom is -0.481 e. The maximum absolute atomic E-state index is 14.6. The standard InChI is InChI=1S/C29H32FN5O4/c1-17-15-35-16-19(14-23(30)26(35)31-17)32-27(36)22-7-6-20(21-8-9-24(38-5)33-25(21)22)18-10-12-34(13-11-18)28(37)39-29(2,3)4/h6-9,14-16,18H,10-13H2,1-5H3,(H,32,36). The van der Waals surface area contributed by atoms with Crippen molar-refractivity contribution in [2.75, 3.05) is 25.5 Å². The molecule has 4 aromatic rings. The highest BCUT2D eigenvalue weighted by Gasteiger charge is 2.29. The van der Waals surface area contributed by atoms with Crippen molar-refractivity contribution in [3.8, 4) is 5.88 Å². The number of imidazole rings is 1. The molecule has 0 aliphatic carbocycles. The Hall–Kier alpha value is -4.21. The van der Waals surface area contributed by atoms with Gasteiger partial charge in [0.15, 0.2) is 11.5 Å². The summed E-state index contributed by atoms with van der Waals surface area (Å²) in [6.07, 6.45) is 4.54. The van der Waals surface area contributed by atoms with Crippen LogP contribution in [0.5, 0.6) is 5.88 Å². The van der Waals surface area contributed by atoms with Gasteiger partial charge >= 0.3 is 6.09 Å². The molecule has 2 amide bonds. The van der Waals surface area contributed by atoms with Gasteiger partial charge in [-0.25, -0.2) is 19.2 Å². The molecular formula is C29H32FN5O4. The van der Waals surface area contributed by atoms with Gasteiger partial charge in [-0.3, -0.25) is 4.79 Å². The molecule has 1 aromatic carbocycles. The Morgan fingerprint density at radius 2 is 1.82 bits per heavy atom. The number of carbonyl (C=O) groups is 2. The van der Waals surface area contributed by atoms with Crippen molar-refractivity contribution in [2.45, 2.75) is 52.1 Å². The lowest BCUT2D eigenvalue weighted by atomic mass is 9.86. The molecule has 0 radical (unpaired) electrons. The fourth-order valence-electron chi connectivity index (χ4n) is 5.02. The third kappa shape index (κ3) is 5.50. The molecule has 3 aromatic heterocycles. The largest absolute Gasteiger partial charge is 0.481 e. The minimum atomic E-state index is -0.541. The molecular weight excluding hydrogens is 501 g/mol. The van der Waals surface area contributed by atoms with Crippen LogP contribution >= 0.6 is 0 Å². The average Bonchev–Trinajstić information content (AvgIpc) is 3.27. The molecule has 4 heterocycles. The number of likely N-dealkylation sites (tertiary alicyclic amines) is 1. The van der Waals surface area contributed by atoms with Crippen LogP contribution in [0, 0.1) is 12.7 Å². The van der Waals surface area contributed by atoms with Gasteiger partial charge in [-0.1, -0.05) is 6.07 Å². The number of methoxy groups -OCH3 is 1. The number of halogens is 1. The highest BCUT2D eigenvalue weighted by atomic mass is 19.1. The van der Waals surface area contributed by atoms with Crippen molar-refractivity contribution in [1.82, 2.24) is 19.3 Å². The Kier molecular flexibility index (Phi) is 6.88. The molecule has 9 nitrogen and oxygen atoms in total. The van der Waals surface area contributed by atoms with Gasteiger partial charge in [-0.05, 0) is 64.2 Å². The molecule has 0 unspecified atom stereocenters. The smallest absolute Gasteiger partial charge is 0.410 e. The molecule has 0 saturated carbocycles. The van der Waals surface area contributed by atoms with Gasteiger partial charge in [0.1, 0.15) is 5.60 Å². The zero-order valence-electron chi connectivity index (χ0n) is 22.7. The molecule has 1 N–H and O–H groups in total. The number of pyridine rings is 2. The van der Waals surface area contributed by atoms with E-state index in [9.17, 15) is 14.0 Å². The highest BCUT2D eigenvalue weighted by molar-refractivity contribution is 6.12. The zero-order chi connectivity index (χ0) is 27.9. The van der Waals surface area contributed by atoms with Crippen LogP contribution in [0.2, 0.25) is 0 Å². The summed E-state index contributed by atoms with van der Waals surface area (Å²) in [4.78, 5) is 36.4. The molecule has 5 rings (SSSR count). The van der Waals surface area contributed by atoms with Crippen molar-refractivity contribution in [3.63, 3.8) is 0 Å². The minimum absolute atomic E-state index is 0.180.